The van der Waals surface area contributed by atoms with Crippen LogP contribution in [0.5, 0.6) is 5.75 Å². The normalized spacial score (nSPS) is 21.8. The van der Waals surface area contributed by atoms with Gasteiger partial charge in [0.25, 0.3) is 0 Å². The molecule has 1 aliphatic carbocycles. The van der Waals surface area contributed by atoms with E-state index in [2.05, 4.69) is 24.0 Å². The lowest BCUT2D eigenvalue weighted by molar-refractivity contribution is -0.148. The van der Waals surface area contributed by atoms with Gasteiger partial charge in [0.1, 0.15) is 23.8 Å². The number of para-hydroxylation sites is 1. The molecule has 2 aliphatic heterocycles. The Morgan fingerprint density at radius 1 is 1.02 bits per heavy atom. The molecule has 3 heterocycles. The SMILES string of the molecule is COC[C@H]1N(c2cccc(-c3cccc(C)c3OCc3cc(C)c4c(c3)CN(C(=O)OC(C)(C)C)C4)n2)C[C@@H]2C[C@@]21C(=O)OC. The number of hydrogen-bond acceptors (Lipinski definition) is 8. The van der Waals surface area contributed by atoms with Crippen LogP contribution < -0.4 is 9.64 Å². The Labute approximate surface area is 265 Å². The number of benzene rings is 2. The maximum Gasteiger partial charge on any atom is 0.410 e. The van der Waals surface area contributed by atoms with Gasteiger partial charge in [-0.05, 0) is 93.0 Å². The molecule has 238 valence electrons. The second-order valence-corrected chi connectivity index (χ2v) is 13.6. The first-order valence-electron chi connectivity index (χ1n) is 15.6. The van der Waals surface area contributed by atoms with E-state index < -0.39 is 11.0 Å². The summed E-state index contributed by atoms with van der Waals surface area (Å²) in [7, 11) is 3.12. The smallest absolute Gasteiger partial charge is 0.410 e. The van der Waals surface area contributed by atoms with Crippen LogP contribution in [0.4, 0.5) is 10.6 Å². The third kappa shape index (κ3) is 5.74. The summed E-state index contributed by atoms with van der Waals surface area (Å²) < 4.78 is 22.9. The van der Waals surface area contributed by atoms with Crippen LogP contribution in [0, 0.1) is 25.2 Å². The summed E-state index contributed by atoms with van der Waals surface area (Å²) >= 11 is 0. The molecule has 1 saturated carbocycles. The van der Waals surface area contributed by atoms with Crippen molar-refractivity contribution in [2.45, 2.75) is 72.4 Å². The number of carbonyl (C=O) groups is 2. The zero-order valence-electron chi connectivity index (χ0n) is 27.3. The molecule has 0 radical (unpaired) electrons. The highest BCUT2D eigenvalue weighted by Crippen LogP contribution is 2.62. The fourth-order valence-corrected chi connectivity index (χ4v) is 7.12. The van der Waals surface area contributed by atoms with Gasteiger partial charge in [0.15, 0.2) is 0 Å². The van der Waals surface area contributed by atoms with Gasteiger partial charge in [0.05, 0.1) is 30.9 Å². The molecule has 1 aromatic heterocycles. The van der Waals surface area contributed by atoms with Crippen molar-refractivity contribution >= 4 is 17.9 Å². The number of aromatic nitrogens is 1. The number of ether oxygens (including phenoxy) is 4. The van der Waals surface area contributed by atoms with Gasteiger partial charge >= 0.3 is 12.1 Å². The molecular weight excluding hydrogens is 570 g/mol. The van der Waals surface area contributed by atoms with Crippen molar-refractivity contribution in [2.75, 3.05) is 32.3 Å². The molecule has 0 spiro atoms. The first-order chi connectivity index (χ1) is 21.4. The standard InChI is InChI=1S/C36H43N3O6/c1-22-10-8-11-27(29-12-9-13-31(37-29)39-18-26-16-36(26,33(40)43-7)30(39)21-42-6)32(22)44-20-24-14-23(2)28-19-38(17-25(28)15-24)34(41)45-35(3,4)5/h8-15,26,30H,16-21H2,1-7H3/t26-,30+,36+/m0/s1. The Bertz CT molecular complexity index is 1630. The second-order valence-electron chi connectivity index (χ2n) is 13.6. The molecular formula is C36H43N3O6. The van der Waals surface area contributed by atoms with E-state index in [1.165, 1.54) is 12.7 Å². The van der Waals surface area contributed by atoms with Crippen molar-refractivity contribution in [3.8, 4) is 17.0 Å². The maximum absolute atomic E-state index is 12.8. The van der Waals surface area contributed by atoms with Crippen molar-refractivity contribution in [3.05, 3.63) is 76.3 Å². The summed E-state index contributed by atoms with van der Waals surface area (Å²) in [6.07, 6.45) is 0.524. The maximum atomic E-state index is 12.8. The molecule has 1 amide bonds. The van der Waals surface area contributed by atoms with Crippen molar-refractivity contribution in [1.29, 1.82) is 0 Å². The Morgan fingerprint density at radius 2 is 1.80 bits per heavy atom. The molecule has 9 nitrogen and oxygen atoms in total. The summed E-state index contributed by atoms with van der Waals surface area (Å²) in [6, 6.07) is 16.2. The first-order valence-corrected chi connectivity index (χ1v) is 15.6. The van der Waals surface area contributed by atoms with E-state index in [1.54, 1.807) is 12.0 Å². The molecule has 0 unspecified atom stereocenters. The first kappa shape index (κ1) is 30.9. The van der Waals surface area contributed by atoms with Crippen LogP contribution >= 0.6 is 0 Å². The van der Waals surface area contributed by atoms with Crippen LogP contribution in [0.25, 0.3) is 11.3 Å². The van der Waals surface area contributed by atoms with E-state index in [0.717, 1.165) is 58.0 Å². The molecule has 0 bridgehead atoms. The van der Waals surface area contributed by atoms with E-state index in [0.29, 0.717) is 26.3 Å². The number of rotatable bonds is 8. The van der Waals surface area contributed by atoms with E-state index in [9.17, 15) is 9.59 Å². The number of fused-ring (bicyclic) bond motifs is 2. The van der Waals surface area contributed by atoms with Crippen LogP contribution in [0.15, 0.2) is 48.5 Å². The van der Waals surface area contributed by atoms with Gasteiger partial charge in [0.2, 0.25) is 0 Å². The molecule has 3 aliphatic rings. The van der Waals surface area contributed by atoms with Crippen molar-refractivity contribution in [3.63, 3.8) is 0 Å². The number of nitrogens with zero attached hydrogens (tertiary/aromatic N) is 3. The molecule has 2 fully saturated rings. The van der Waals surface area contributed by atoms with Crippen LogP contribution in [0.1, 0.15) is 55.0 Å². The zero-order chi connectivity index (χ0) is 32.1. The molecule has 6 rings (SSSR count). The van der Waals surface area contributed by atoms with Crippen LogP contribution in [-0.2, 0) is 38.7 Å². The summed E-state index contributed by atoms with van der Waals surface area (Å²) in [4.78, 5) is 34.6. The summed E-state index contributed by atoms with van der Waals surface area (Å²) in [5.41, 5.74) is 6.12. The minimum Gasteiger partial charge on any atom is -0.488 e. The van der Waals surface area contributed by atoms with Gasteiger partial charge in [-0.25, -0.2) is 9.78 Å². The van der Waals surface area contributed by atoms with Crippen molar-refractivity contribution in [2.24, 2.45) is 11.3 Å². The molecule has 3 aromatic rings. The molecule has 2 aromatic carbocycles. The lowest BCUT2D eigenvalue weighted by Gasteiger charge is -2.31. The lowest BCUT2D eigenvalue weighted by Crippen LogP contribution is -2.44. The third-order valence-electron chi connectivity index (χ3n) is 9.32. The highest BCUT2D eigenvalue weighted by atomic mass is 16.6. The lowest BCUT2D eigenvalue weighted by atomic mass is 9.96. The summed E-state index contributed by atoms with van der Waals surface area (Å²) in [5.74, 6) is 1.66. The van der Waals surface area contributed by atoms with Gasteiger partial charge in [-0.2, -0.15) is 0 Å². The van der Waals surface area contributed by atoms with Crippen molar-refractivity contribution in [1.82, 2.24) is 9.88 Å². The number of hydrogen-bond donors (Lipinski definition) is 0. The second kappa shape index (κ2) is 11.7. The Hall–Kier alpha value is -4.11. The summed E-state index contributed by atoms with van der Waals surface area (Å²) in [6.45, 7) is 12.4. The molecule has 9 heteroatoms. The number of esters is 1. The third-order valence-corrected chi connectivity index (χ3v) is 9.32. The molecule has 1 saturated heterocycles. The van der Waals surface area contributed by atoms with E-state index in [1.807, 2.05) is 64.1 Å². The number of piperidine rings is 1. The Kier molecular flexibility index (Phi) is 8.01. The largest absolute Gasteiger partial charge is 0.488 e. The molecule has 0 N–H and O–H groups in total. The van der Waals surface area contributed by atoms with Crippen LogP contribution in [-0.4, -0.2) is 61.0 Å². The van der Waals surface area contributed by atoms with E-state index >= 15 is 0 Å². The van der Waals surface area contributed by atoms with Gasteiger partial charge in [0, 0.05) is 32.3 Å². The van der Waals surface area contributed by atoms with Gasteiger partial charge in [-0.3, -0.25) is 9.69 Å². The minimum atomic E-state index is -0.537. The minimum absolute atomic E-state index is 0.134. The highest BCUT2D eigenvalue weighted by molar-refractivity contribution is 5.84. The topological polar surface area (TPSA) is 90.4 Å². The van der Waals surface area contributed by atoms with Crippen LogP contribution in [0.3, 0.4) is 0 Å². The number of anilines is 1. The predicted molar refractivity (Wildman–Crippen MR) is 171 cm³/mol. The fraction of sp³-hybridized carbons (Fsp3) is 0.472. The van der Waals surface area contributed by atoms with Gasteiger partial charge in [-0.1, -0.05) is 30.3 Å². The number of carbonyl (C=O) groups excluding carboxylic acids is 2. The predicted octanol–water partition coefficient (Wildman–Crippen LogP) is 6.21. The summed E-state index contributed by atoms with van der Waals surface area (Å²) in [5, 5.41) is 0. The quantitative estimate of drug-likeness (QED) is 0.277. The monoisotopic (exact) mass is 613 g/mol. The van der Waals surface area contributed by atoms with Crippen LogP contribution in [0.2, 0.25) is 0 Å². The Balaban J connectivity index is 1.22. The number of aryl methyl sites for hydroxylation is 2. The number of pyridine rings is 1. The zero-order valence-corrected chi connectivity index (χ0v) is 27.3. The van der Waals surface area contributed by atoms with Gasteiger partial charge in [-0.15, -0.1) is 0 Å². The van der Waals surface area contributed by atoms with E-state index in [-0.39, 0.29) is 24.0 Å². The average Bonchev–Trinajstić information content (AvgIpc) is 3.39. The molecule has 3 atom stereocenters. The number of amides is 1. The van der Waals surface area contributed by atoms with Crippen molar-refractivity contribution < 1.29 is 28.5 Å². The average molecular weight is 614 g/mol. The van der Waals surface area contributed by atoms with Gasteiger partial charge < -0.3 is 23.8 Å². The highest BCUT2D eigenvalue weighted by Gasteiger charge is 2.71. The Morgan fingerprint density at radius 3 is 2.53 bits per heavy atom. The fourth-order valence-electron chi connectivity index (χ4n) is 7.12. The number of methoxy groups -OCH3 is 2. The molecule has 45 heavy (non-hydrogen) atoms. The van der Waals surface area contributed by atoms with E-state index in [4.69, 9.17) is 23.9 Å².